The summed E-state index contributed by atoms with van der Waals surface area (Å²) in [4.78, 5) is 12.2. The van der Waals surface area contributed by atoms with Gasteiger partial charge in [0.2, 0.25) is 0 Å². The Morgan fingerprint density at radius 3 is 2.46 bits per heavy atom. The van der Waals surface area contributed by atoms with Crippen molar-refractivity contribution in [2.75, 3.05) is 0 Å². The van der Waals surface area contributed by atoms with Gasteiger partial charge in [-0.25, -0.2) is 13.5 Å². The van der Waals surface area contributed by atoms with Gasteiger partial charge in [0.05, 0.1) is 12.2 Å². The first-order valence-electron chi connectivity index (χ1n) is 8.59. The lowest BCUT2D eigenvalue weighted by Gasteiger charge is -2.09. The van der Waals surface area contributed by atoms with Crippen LogP contribution in [0.5, 0.6) is 0 Å². The Hall–Kier alpha value is -3.30. The molecular formula is C22H18F2N2O2. The SMILES string of the molecule is CC(C)(O)C#Cc1cccc(Cn2nc(-c3cc(F)cc(F)c3)ccc2=O)c1. The fourth-order valence-electron chi connectivity index (χ4n) is 2.56. The van der Waals surface area contributed by atoms with Crippen molar-refractivity contribution in [3.63, 3.8) is 0 Å². The summed E-state index contributed by atoms with van der Waals surface area (Å²) in [5, 5.41) is 13.9. The van der Waals surface area contributed by atoms with Gasteiger partial charge in [0.15, 0.2) is 0 Å². The van der Waals surface area contributed by atoms with Crippen LogP contribution >= 0.6 is 0 Å². The number of aliphatic hydroxyl groups is 1. The molecule has 4 nitrogen and oxygen atoms in total. The van der Waals surface area contributed by atoms with E-state index in [2.05, 4.69) is 16.9 Å². The first-order valence-corrected chi connectivity index (χ1v) is 8.59. The van der Waals surface area contributed by atoms with Crippen LogP contribution in [-0.4, -0.2) is 20.5 Å². The average molecular weight is 380 g/mol. The van der Waals surface area contributed by atoms with Crippen molar-refractivity contribution in [1.29, 1.82) is 0 Å². The van der Waals surface area contributed by atoms with Gasteiger partial charge in [0.25, 0.3) is 5.56 Å². The Morgan fingerprint density at radius 2 is 1.79 bits per heavy atom. The summed E-state index contributed by atoms with van der Waals surface area (Å²) >= 11 is 0. The Morgan fingerprint density at radius 1 is 1.07 bits per heavy atom. The van der Waals surface area contributed by atoms with Crippen molar-refractivity contribution in [2.24, 2.45) is 0 Å². The van der Waals surface area contributed by atoms with Crippen molar-refractivity contribution in [2.45, 2.75) is 26.0 Å². The maximum Gasteiger partial charge on any atom is 0.267 e. The van der Waals surface area contributed by atoms with E-state index >= 15 is 0 Å². The van der Waals surface area contributed by atoms with Gasteiger partial charge >= 0.3 is 0 Å². The topological polar surface area (TPSA) is 55.1 Å². The number of hydrogen-bond donors (Lipinski definition) is 1. The second-order valence-electron chi connectivity index (χ2n) is 6.88. The van der Waals surface area contributed by atoms with E-state index in [0.29, 0.717) is 5.56 Å². The highest BCUT2D eigenvalue weighted by Crippen LogP contribution is 2.18. The third kappa shape index (κ3) is 5.12. The summed E-state index contributed by atoms with van der Waals surface area (Å²) < 4.78 is 28.2. The molecule has 1 aromatic heterocycles. The molecule has 1 heterocycles. The lowest BCUT2D eigenvalue weighted by atomic mass is 10.1. The summed E-state index contributed by atoms with van der Waals surface area (Å²) in [5.41, 5.74) is 0.555. The van der Waals surface area contributed by atoms with Crippen LogP contribution in [0.15, 0.2) is 59.4 Å². The Balaban J connectivity index is 1.93. The first-order chi connectivity index (χ1) is 13.2. The molecule has 3 rings (SSSR count). The quantitative estimate of drug-likeness (QED) is 0.709. The highest BCUT2D eigenvalue weighted by atomic mass is 19.1. The summed E-state index contributed by atoms with van der Waals surface area (Å²) in [6, 6.07) is 13.0. The second-order valence-corrected chi connectivity index (χ2v) is 6.88. The Bertz CT molecular complexity index is 1120. The van der Waals surface area contributed by atoms with Crippen molar-refractivity contribution >= 4 is 0 Å². The van der Waals surface area contributed by atoms with Crippen LogP contribution in [0.2, 0.25) is 0 Å². The molecule has 0 fully saturated rings. The Labute approximate surface area is 161 Å². The molecule has 3 aromatic rings. The Kier molecular flexibility index (Phi) is 5.39. The summed E-state index contributed by atoms with van der Waals surface area (Å²) in [6.45, 7) is 3.35. The van der Waals surface area contributed by atoms with E-state index in [9.17, 15) is 18.7 Å². The summed E-state index contributed by atoms with van der Waals surface area (Å²) in [6.07, 6.45) is 0. The molecule has 28 heavy (non-hydrogen) atoms. The van der Waals surface area contributed by atoms with E-state index in [4.69, 9.17) is 0 Å². The smallest absolute Gasteiger partial charge is 0.267 e. The number of aromatic nitrogens is 2. The lowest BCUT2D eigenvalue weighted by molar-refractivity contribution is 0.143. The van der Waals surface area contributed by atoms with Crippen LogP contribution in [0.3, 0.4) is 0 Å². The van der Waals surface area contributed by atoms with E-state index in [1.807, 2.05) is 6.07 Å². The van der Waals surface area contributed by atoms with E-state index in [0.717, 1.165) is 23.8 Å². The molecule has 0 saturated heterocycles. The molecule has 0 aliphatic carbocycles. The minimum Gasteiger partial charge on any atom is -0.378 e. The average Bonchev–Trinajstić information content (AvgIpc) is 2.61. The zero-order valence-electron chi connectivity index (χ0n) is 15.4. The minimum atomic E-state index is -1.11. The molecule has 142 valence electrons. The van der Waals surface area contributed by atoms with Gasteiger partial charge in [-0.05, 0) is 49.7 Å². The lowest BCUT2D eigenvalue weighted by Crippen LogP contribution is -2.22. The summed E-state index contributed by atoms with van der Waals surface area (Å²) in [5.74, 6) is 4.19. The predicted octanol–water partition coefficient (Wildman–Crippen LogP) is 3.36. The van der Waals surface area contributed by atoms with Crippen molar-refractivity contribution in [1.82, 2.24) is 9.78 Å². The van der Waals surface area contributed by atoms with Gasteiger partial charge in [-0.3, -0.25) is 4.79 Å². The number of rotatable bonds is 3. The highest BCUT2D eigenvalue weighted by Gasteiger charge is 2.08. The van der Waals surface area contributed by atoms with Gasteiger partial charge in [-0.15, -0.1) is 0 Å². The molecule has 0 saturated carbocycles. The summed E-state index contributed by atoms with van der Waals surface area (Å²) in [7, 11) is 0. The fourth-order valence-corrected chi connectivity index (χ4v) is 2.56. The molecule has 0 aliphatic rings. The van der Waals surface area contributed by atoms with Crippen molar-refractivity contribution in [3.05, 3.63) is 87.7 Å². The molecule has 0 spiro atoms. The van der Waals surface area contributed by atoms with Crippen LogP contribution in [-0.2, 0) is 6.54 Å². The molecule has 2 aromatic carbocycles. The van der Waals surface area contributed by atoms with Gasteiger partial charge in [0.1, 0.15) is 17.2 Å². The second kappa shape index (κ2) is 7.75. The van der Waals surface area contributed by atoms with Gasteiger partial charge in [-0.1, -0.05) is 24.0 Å². The maximum absolute atomic E-state index is 13.5. The highest BCUT2D eigenvalue weighted by molar-refractivity contribution is 5.58. The third-order valence-electron chi connectivity index (χ3n) is 3.80. The molecule has 6 heteroatoms. The van der Waals surface area contributed by atoms with E-state index in [1.165, 1.54) is 16.8 Å². The van der Waals surface area contributed by atoms with E-state index < -0.39 is 17.2 Å². The first kappa shape index (κ1) is 19.5. The molecule has 0 aliphatic heterocycles. The number of nitrogens with zero attached hydrogens (tertiary/aromatic N) is 2. The van der Waals surface area contributed by atoms with Gasteiger partial charge in [0, 0.05) is 23.3 Å². The molecule has 1 N–H and O–H groups in total. The number of hydrogen-bond acceptors (Lipinski definition) is 3. The van der Waals surface area contributed by atoms with Crippen molar-refractivity contribution in [3.8, 4) is 23.1 Å². The molecule has 0 unspecified atom stereocenters. The van der Waals surface area contributed by atoms with Crippen LogP contribution in [0.4, 0.5) is 8.78 Å². The van der Waals surface area contributed by atoms with Gasteiger partial charge < -0.3 is 5.11 Å². The third-order valence-corrected chi connectivity index (χ3v) is 3.80. The van der Waals surface area contributed by atoms with Crippen LogP contribution in [0.1, 0.15) is 25.0 Å². The predicted molar refractivity (Wildman–Crippen MR) is 103 cm³/mol. The molecule has 0 radical (unpaired) electrons. The standard InChI is InChI=1S/C22H18F2N2O2/c1-22(2,28)9-8-15-4-3-5-16(10-15)14-26-21(27)7-6-20(25-26)17-11-18(23)13-19(24)12-17/h3-7,10-13,28H,14H2,1-2H3. The van der Waals surface area contributed by atoms with Crippen LogP contribution in [0.25, 0.3) is 11.3 Å². The molecule has 0 atom stereocenters. The maximum atomic E-state index is 13.5. The van der Waals surface area contributed by atoms with E-state index in [1.54, 1.807) is 32.0 Å². The molecule has 0 bridgehead atoms. The zero-order chi connectivity index (χ0) is 20.3. The van der Waals surface area contributed by atoms with Crippen molar-refractivity contribution < 1.29 is 13.9 Å². The van der Waals surface area contributed by atoms with Crippen LogP contribution < -0.4 is 5.56 Å². The zero-order valence-corrected chi connectivity index (χ0v) is 15.4. The molecule has 0 amide bonds. The number of benzene rings is 2. The minimum absolute atomic E-state index is 0.169. The normalized spacial score (nSPS) is 11.0. The monoisotopic (exact) mass is 380 g/mol. The van der Waals surface area contributed by atoms with Gasteiger partial charge in [-0.2, -0.15) is 5.10 Å². The fraction of sp³-hybridized carbons (Fsp3) is 0.182. The van der Waals surface area contributed by atoms with Crippen LogP contribution in [0, 0.1) is 23.5 Å². The molecular weight excluding hydrogens is 362 g/mol. The van der Waals surface area contributed by atoms with E-state index in [-0.39, 0.29) is 23.4 Å². The number of halogens is 2. The largest absolute Gasteiger partial charge is 0.378 e.